The number of rotatable bonds is 15. The number of imide groups is 1. The number of amides is 2. The van der Waals surface area contributed by atoms with Crippen LogP contribution in [-0.4, -0.2) is 59.4 Å². The first-order chi connectivity index (χ1) is 27.5. The van der Waals surface area contributed by atoms with Crippen molar-refractivity contribution in [2.24, 2.45) is 0 Å². The number of benzene rings is 5. The Morgan fingerprint density at radius 2 is 1.05 bits per heavy atom. The van der Waals surface area contributed by atoms with Gasteiger partial charge in [-0.15, -0.1) is 0 Å². The predicted molar refractivity (Wildman–Crippen MR) is 213 cm³/mol. The van der Waals surface area contributed by atoms with Gasteiger partial charge in [-0.2, -0.15) is 0 Å². The Labute approximate surface area is 326 Å². The summed E-state index contributed by atoms with van der Waals surface area (Å²) >= 11 is 0. The molecule has 2 aliphatic heterocycles. The maximum atomic E-state index is 13.4. The highest BCUT2D eigenvalue weighted by Gasteiger charge is 2.50. The summed E-state index contributed by atoms with van der Waals surface area (Å²) in [6, 6.07) is 47.9. The van der Waals surface area contributed by atoms with Crippen LogP contribution >= 0.6 is 0 Å². The van der Waals surface area contributed by atoms with Crippen LogP contribution in [0.25, 0.3) is 16.5 Å². The Bertz CT molecular complexity index is 2260. The van der Waals surface area contributed by atoms with Gasteiger partial charge in [0.15, 0.2) is 6.23 Å². The van der Waals surface area contributed by atoms with Crippen molar-refractivity contribution in [3.8, 4) is 0 Å². The Morgan fingerprint density at radius 3 is 1.59 bits per heavy atom. The number of hydrogen-bond acceptors (Lipinski definition) is 7. The summed E-state index contributed by atoms with van der Waals surface area (Å²) in [7, 11) is 1.50. The quantitative estimate of drug-likeness (QED) is 0.0988. The summed E-state index contributed by atoms with van der Waals surface area (Å²) in [6.45, 7) is 1.50. The van der Waals surface area contributed by atoms with E-state index in [1.54, 1.807) is 0 Å². The highest BCUT2D eigenvalue weighted by Crippen LogP contribution is 2.40. The average molecular weight is 749 g/mol. The minimum Gasteiger partial charge on any atom is -0.374 e. The van der Waals surface area contributed by atoms with Crippen molar-refractivity contribution in [3.63, 3.8) is 0 Å². The molecule has 8 rings (SSSR count). The van der Waals surface area contributed by atoms with Crippen molar-refractivity contribution in [2.75, 3.05) is 13.7 Å². The van der Waals surface area contributed by atoms with Gasteiger partial charge >= 0.3 is 0 Å². The highest BCUT2D eigenvalue weighted by atomic mass is 16.6. The molecule has 0 radical (unpaired) electrons. The number of hydrogen-bond donors (Lipinski definition) is 0. The third kappa shape index (κ3) is 8.28. The normalized spacial score (nSPS) is 21.1. The van der Waals surface area contributed by atoms with E-state index >= 15 is 0 Å². The molecule has 6 aromatic rings. The first-order valence-corrected chi connectivity index (χ1v) is 18.9. The minimum absolute atomic E-state index is 0.205. The molecule has 9 heteroatoms. The van der Waals surface area contributed by atoms with Crippen LogP contribution in [0.15, 0.2) is 158 Å². The second-order valence-electron chi connectivity index (χ2n) is 14.1. The van der Waals surface area contributed by atoms with Gasteiger partial charge in [-0.3, -0.25) is 14.5 Å². The molecule has 0 spiro atoms. The monoisotopic (exact) mass is 748 g/mol. The van der Waals surface area contributed by atoms with Crippen LogP contribution in [0, 0.1) is 0 Å². The standard InChI is InChI=1S/C47H44N2O7/c1-48-42(50)26-38(46(48)51)39-27-49(40-25-15-14-24-37(39)40)47-45(55-31-36-22-12-5-13-23-36)44(54-30-35-20-10-4-11-21-35)43(53-29-34-18-8-3-9-19-34)41(56-47)32-52-28-33-16-6-2-7-17-33/h2-27,41,43-45,47H,28-32H2,1H3/t41-,43-,44+,45-,47?/m1/s1. The van der Waals surface area contributed by atoms with Gasteiger partial charge in [0.2, 0.25) is 0 Å². The summed E-state index contributed by atoms with van der Waals surface area (Å²) < 4.78 is 36.3. The predicted octanol–water partition coefficient (Wildman–Crippen LogP) is 7.89. The molecular formula is C47H44N2O7. The van der Waals surface area contributed by atoms with E-state index < -0.39 is 30.6 Å². The Kier molecular flexibility index (Phi) is 11.6. The average Bonchev–Trinajstić information content (AvgIpc) is 3.75. The molecule has 2 amide bonds. The van der Waals surface area contributed by atoms with Gasteiger partial charge in [0, 0.05) is 30.3 Å². The molecule has 56 heavy (non-hydrogen) atoms. The number of nitrogens with zero attached hydrogens (tertiary/aromatic N) is 2. The fourth-order valence-corrected chi connectivity index (χ4v) is 7.37. The van der Waals surface area contributed by atoms with Gasteiger partial charge in [-0.1, -0.05) is 140 Å². The first-order valence-electron chi connectivity index (χ1n) is 18.9. The van der Waals surface area contributed by atoms with E-state index in [1.807, 2.05) is 156 Å². The molecule has 3 heterocycles. The van der Waals surface area contributed by atoms with E-state index in [0.29, 0.717) is 31.0 Å². The molecule has 284 valence electrons. The molecule has 0 N–H and O–H groups in total. The molecule has 5 atom stereocenters. The molecular weight excluding hydrogens is 705 g/mol. The van der Waals surface area contributed by atoms with E-state index in [0.717, 1.165) is 38.1 Å². The zero-order chi connectivity index (χ0) is 38.3. The molecule has 9 nitrogen and oxygen atoms in total. The number of likely N-dealkylation sites (N-methyl/N-ethyl adjacent to an activating group) is 1. The minimum atomic E-state index is -0.759. The lowest BCUT2D eigenvalue weighted by Crippen LogP contribution is -2.59. The summed E-state index contributed by atoms with van der Waals surface area (Å²) in [5.41, 5.74) is 5.82. The van der Waals surface area contributed by atoms with E-state index in [-0.39, 0.29) is 25.0 Å². The Hall–Kier alpha value is -5.68. The molecule has 1 aromatic heterocycles. The number of aromatic nitrogens is 1. The molecule has 2 aliphatic rings. The van der Waals surface area contributed by atoms with Crippen molar-refractivity contribution >= 4 is 28.3 Å². The highest BCUT2D eigenvalue weighted by molar-refractivity contribution is 6.34. The summed E-state index contributed by atoms with van der Waals surface area (Å²) in [5, 5.41) is 0.807. The van der Waals surface area contributed by atoms with E-state index in [9.17, 15) is 9.59 Å². The number of carbonyl (C=O) groups is 2. The number of ether oxygens (including phenoxy) is 5. The molecule has 1 fully saturated rings. The SMILES string of the molecule is CN1C(=O)C=C(c2cn(C3O[C@H](COCc4ccccc4)[C@@H](OCc4ccccc4)[C@H](OCc4ccccc4)[C@H]3OCc3ccccc3)c3ccccc23)C1=O. The van der Waals surface area contributed by atoms with Crippen molar-refractivity contribution in [3.05, 3.63) is 186 Å². The lowest BCUT2D eigenvalue weighted by molar-refractivity contribution is -0.289. The Balaban J connectivity index is 1.22. The van der Waals surface area contributed by atoms with Crippen LogP contribution in [0.3, 0.4) is 0 Å². The fraction of sp³-hybridized carbons (Fsp3) is 0.234. The van der Waals surface area contributed by atoms with Crippen LogP contribution in [0.5, 0.6) is 0 Å². The van der Waals surface area contributed by atoms with Gasteiger partial charge in [0.25, 0.3) is 11.8 Å². The third-order valence-electron chi connectivity index (χ3n) is 10.3. The summed E-state index contributed by atoms with van der Waals surface area (Å²) in [4.78, 5) is 27.2. The second-order valence-corrected chi connectivity index (χ2v) is 14.1. The van der Waals surface area contributed by atoms with Crippen molar-refractivity contribution in [1.29, 1.82) is 0 Å². The van der Waals surface area contributed by atoms with Crippen LogP contribution in [0.4, 0.5) is 0 Å². The second kappa shape index (κ2) is 17.4. The van der Waals surface area contributed by atoms with E-state index in [2.05, 4.69) is 0 Å². The third-order valence-corrected chi connectivity index (χ3v) is 10.3. The van der Waals surface area contributed by atoms with Gasteiger partial charge in [0.05, 0.1) is 44.1 Å². The van der Waals surface area contributed by atoms with Crippen molar-refractivity contribution in [2.45, 2.75) is 57.1 Å². The maximum absolute atomic E-state index is 13.4. The van der Waals surface area contributed by atoms with E-state index in [4.69, 9.17) is 23.7 Å². The first kappa shape index (κ1) is 37.3. The number of carbonyl (C=O) groups excluding carboxylic acids is 2. The zero-order valence-electron chi connectivity index (χ0n) is 31.2. The number of para-hydroxylation sites is 1. The molecule has 1 saturated heterocycles. The van der Waals surface area contributed by atoms with Gasteiger partial charge in [0.1, 0.15) is 24.4 Å². The Morgan fingerprint density at radius 1 is 0.571 bits per heavy atom. The maximum Gasteiger partial charge on any atom is 0.261 e. The van der Waals surface area contributed by atoms with Gasteiger partial charge in [-0.25, -0.2) is 0 Å². The molecule has 5 aromatic carbocycles. The zero-order valence-corrected chi connectivity index (χ0v) is 31.2. The smallest absolute Gasteiger partial charge is 0.261 e. The molecule has 0 aliphatic carbocycles. The van der Waals surface area contributed by atoms with Gasteiger partial charge < -0.3 is 28.3 Å². The summed E-state index contributed by atoms with van der Waals surface area (Å²) in [6.07, 6.45) is -0.0222. The van der Waals surface area contributed by atoms with Crippen LogP contribution in [0.1, 0.15) is 34.0 Å². The summed E-state index contributed by atoms with van der Waals surface area (Å²) in [5.74, 6) is -0.715. The van der Waals surface area contributed by atoms with Crippen LogP contribution in [-0.2, 0) is 59.7 Å². The fourth-order valence-electron chi connectivity index (χ4n) is 7.37. The van der Waals surface area contributed by atoms with Crippen LogP contribution < -0.4 is 0 Å². The van der Waals surface area contributed by atoms with E-state index in [1.165, 1.54) is 13.1 Å². The lowest BCUT2D eigenvalue weighted by Gasteiger charge is -2.46. The number of fused-ring (bicyclic) bond motifs is 1. The molecule has 0 bridgehead atoms. The molecule has 1 unspecified atom stereocenters. The van der Waals surface area contributed by atoms with Gasteiger partial charge in [-0.05, 0) is 28.3 Å². The topological polar surface area (TPSA) is 88.5 Å². The lowest BCUT2D eigenvalue weighted by atomic mass is 9.96. The van der Waals surface area contributed by atoms with Crippen LogP contribution in [0.2, 0.25) is 0 Å². The van der Waals surface area contributed by atoms with Crippen molar-refractivity contribution < 1.29 is 33.3 Å². The largest absolute Gasteiger partial charge is 0.374 e. The molecule has 0 saturated carbocycles. The van der Waals surface area contributed by atoms with Crippen molar-refractivity contribution in [1.82, 2.24) is 9.47 Å².